The third-order valence-electron chi connectivity index (χ3n) is 6.18. The van der Waals surface area contributed by atoms with Gasteiger partial charge in [0.15, 0.2) is 0 Å². The van der Waals surface area contributed by atoms with Gasteiger partial charge >= 0.3 is 0 Å². The van der Waals surface area contributed by atoms with E-state index in [0.717, 1.165) is 11.1 Å². The fraction of sp³-hybridized carbons (Fsp3) is 0.296. The number of carbonyl (C=O) groups is 1. The Labute approximate surface area is 229 Å². The molecular formula is C27H30ClN3O5S2. The number of carbonyl (C=O) groups excluding carboxylic acids is 1. The van der Waals surface area contributed by atoms with Gasteiger partial charge in [0.1, 0.15) is 0 Å². The Kier molecular flexibility index (Phi) is 8.46. The fourth-order valence-corrected chi connectivity index (χ4v) is 6.92. The molecule has 1 aliphatic heterocycles. The zero-order chi connectivity index (χ0) is 27.5. The standard InChI is InChI=1S/C27H30ClN3O5S2/c1-19(2)18-29-37(33,34)24-10-3-20(4-11-24)5-14-27(32)30-23-9-6-21-15-16-31(26(21)17-23)38(35,36)25-12-7-22(28)8-13-25/h3-4,6-13,17,19,29H,5,14-16,18H2,1-2H3,(H,30,32). The van der Waals surface area contributed by atoms with Crippen molar-refractivity contribution in [1.29, 1.82) is 0 Å². The second-order valence-electron chi connectivity index (χ2n) is 9.56. The summed E-state index contributed by atoms with van der Waals surface area (Å²) in [6.07, 6.45) is 1.18. The van der Waals surface area contributed by atoms with E-state index in [0.29, 0.717) is 42.3 Å². The first-order valence-electron chi connectivity index (χ1n) is 12.3. The molecule has 0 atom stereocenters. The summed E-state index contributed by atoms with van der Waals surface area (Å²) in [5.41, 5.74) is 2.76. The molecule has 0 bridgehead atoms. The van der Waals surface area contributed by atoms with Gasteiger partial charge in [-0.1, -0.05) is 43.6 Å². The normalized spacial score (nSPS) is 13.5. The fourth-order valence-electron chi connectivity index (χ4n) is 4.09. The molecular weight excluding hydrogens is 546 g/mol. The van der Waals surface area contributed by atoms with Gasteiger partial charge < -0.3 is 5.32 Å². The Morgan fingerprint density at radius 1 is 0.947 bits per heavy atom. The molecule has 1 aliphatic rings. The summed E-state index contributed by atoms with van der Waals surface area (Å²) in [6, 6.07) is 17.8. The van der Waals surface area contributed by atoms with Crippen molar-refractivity contribution >= 4 is 48.9 Å². The molecule has 4 rings (SSSR count). The number of rotatable bonds is 10. The lowest BCUT2D eigenvalue weighted by Crippen LogP contribution is -2.29. The van der Waals surface area contributed by atoms with Crippen LogP contribution in [0.1, 0.15) is 31.4 Å². The molecule has 0 radical (unpaired) electrons. The van der Waals surface area contributed by atoms with Crippen LogP contribution in [0.4, 0.5) is 11.4 Å². The van der Waals surface area contributed by atoms with Crippen LogP contribution < -0.4 is 14.3 Å². The van der Waals surface area contributed by atoms with Gasteiger partial charge in [-0.25, -0.2) is 21.6 Å². The number of nitrogens with one attached hydrogen (secondary N) is 2. The largest absolute Gasteiger partial charge is 0.326 e. The number of anilines is 2. The van der Waals surface area contributed by atoms with E-state index in [-0.39, 0.29) is 28.0 Å². The van der Waals surface area contributed by atoms with Gasteiger partial charge in [-0.2, -0.15) is 0 Å². The van der Waals surface area contributed by atoms with Crippen LogP contribution in [-0.2, 0) is 37.7 Å². The zero-order valence-electron chi connectivity index (χ0n) is 21.1. The quantitative estimate of drug-likeness (QED) is 0.367. The monoisotopic (exact) mass is 575 g/mol. The minimum atomic E-state index is -3.77. The Bertz CT molecular complexity index is 1520. The highest BCUT2D eigenvalue weighted by atomic mass is 35.5. The molecule has 0 aliphatic carbocycles. The number of sulfonamides is 2. The number of hydrogen-bond donors (Lipinski definition) is 2. The van der Waals surface area contributed by atoms with E-state index in [1.54, 1.807) is 24.3 Å². The third kappa shape index (κ3) is 6.55. The Morgan fingerprint density at radius 3 is 2.26 bits per heavy atom. The van der Waals surface area contributed by atoms with Crippen LogP contribution in [0.3, 0.4) is 0 Å². The van der Waals surface area contributed by atoms with Crippen LogP contribution in [0.2, 0.25) is 5.02 Å². The van der Waals surface area contributed by atoms with Gasteiger partial charge in [0.25, 0.3) is 10.0 Å². The number of nitrogens with zero attached hydrogens (tertiary/aromatic N) is 1. The van der Waals surface area contributed by atoms with Crippen molar-refractivity contribution in [3.63, 3.8) is 0 Å². The summed E-state index contributed by atoms with van der Waals surface area (Å²) >= 11 is 5.91. The van der Waals surface area contributed by atoms with E-state index >= 15 is 0 Å². The lowest BCUT2D eigenvalue weighted by molar-refractivity contribution is -0.116. The number of benzene rings is 3. The minimum absolute atomic E-state index is 0.152. The Balaban J connectivity index is 1.39. The van der Waals surface area contributed by atoms with Gasteiger partial charge in [0, 0.05) is 30.2 Å². The van der Waals surface area contributed by atoms with E-state index in [1.165, 1.54) is 40.7 Å². The molecule has 1 amide bonds. The second-order valence-corrected chi connectivity index (χ2v) is 13.6. The molecule has 3 aromatic rings. The summed E-state index contributed by atoms with van der Waals surface area (Å²) in [5.74, 6) is -0.0328. The van der Waals surface area contributed by atoms with Crippen LogP contribution >= 0.6 is 11.6 Å². The summed E-state index contributed by atoms with van der Waals surface area (Å²) in [6.45, 7) is 4.53. The molecule has 11 heteroatoms. The summed E-state index contributed by atoms with van der Waals surface area (Å²) in [4.78, 5) is 13.0. The average Bonchev–Trinajstić information content (AvgIpc) is 3.31. The first kappa shape index (κ1) is 28.1. The molecule has 1 heterocycles. The Hall–Kier alpha value is -2.92. The van der Waals surface area contributed by atoms with Crippen LogP contribution in [0.15, 0.2) is 76.5 Å². The van der Waals surface area contributed by atoms with E-state index < -0.39 is 20.0 Å². The highest BCUT2D eigenvalue weighted by molar-refractivity contribution is 7.92. The third-order valence-corrected chi connectivity index (χ3v) is 9.70. The van der Waals surface area contributed by atoms with E-state index in [1.807, 2.05) is 19.9 Å². The highest BCUT2D eigenvalue weighted by Gasteiger charge is 2.31. The lowest BCUT2D eigenvalue weighted by Gasteiger charge is -2.20. The van der Waals surface area contributed by atoms with E-state index in [2.05, 4.69) is 10.0 Å². The van der Waals surface area contributed by atoms with Crippen LogP contribution in [0.25, 0.3) is 0 Å². The van der Waals surface area contributed by atoms with Crippen molar-refractivity contribution in [2.24, 2.45) is 5.92 Å². The number of amides is 1. The molecule has 2 N–H and O–H groups in total. The van der Waals surface area contributed by atoms with Crippen molar-refractivity contribution in [3.05, 3.63) is 82.9 Å². The van der Waals surface area contributed by atoms with E-state index in [9.17, 15) is 21.6 Å². The van der Waals surface area contributed by atoms with Crippen molar-refractivity contribution in [1.82, 2.24) is 4.72 Å². The van der Waals surface area contributed by atoms with Crippen LogP contribution in [-0.4, -0.2) is 35.8 Å². The molecule has 38 heavy (non-hydrogen) atoms. The van der Waals surface area contributed by atoms with Gasteiger partial charge in [-0.3, -0.25) is 9.10 Å². The molecule has 0 fully saturated rings. The first-order valence-corrected chi connectivity index (χ1v) is 15.6. The molecule has 0 aromatic heterocycles. The number of fused-ring (bicyclic) bond motifs is 1. The van der Waals surface area contributed by atoms with Crippen LogP contribution in [0, 0.1) is 5.92 Å². The van der Waals surface area contributed by atoms with Crippen molar-refractivity contribution in [3.8, 4) is 0 Å². The maximum Gasteiger partial charge on any atom is 0.264 e. The van der Waals surface area contributed by atoms with Gasteiger partial charge in [0.05, 0.1) is 15.5 Å². The van der Waals surface area contributed by atoms with Gasteiger partial charge in [0.2, 0.25) is 15.9 Å². The molecule has 8 nitrogen and oxygen atoms in total. The second kappa shape index (κ2) is 11.4. The first-order chi connectivity index (χ1) is 18.0. The number of hydrogen-bond acceptors (Lipinski definition) is 5. The highest BCUT2D eigenvalue weighted by Crippen LogP contribution is 2.35. The van der Waals surface area contributed by atoms with Crippen molar-refractivity contribution < 1.29 is 21.6 Å². The van der Waals surface area contributed by atoms with Crippen molar-refractivity contribution in [2.75, 3.05) is 22.7 Å². The lowest BCUT2D eigenvalue weighted by atomic mass is 10.1. The van der Waals surface area contributed by atoms with Crippen LogP contribution in [0.5, 0.6) is 0 Å². The summed E-state index contributed by atoms with van der Waals surface area (Å²) in [7, 11) is -7.33. The predicted molar refractivity (Wildman–Crippen MR) is 150 cm³/mol. The van der Waals surface area contributed by atoms with Gasteiger partial charge in [-0.15, -0.1) is 0 Å². The molecule has 0 spiro atoms. The maximum atomic E-state index is 13.2. The number of halogens is 1. The zero-order valence-corrected chi connectivity index (χ0v) is 23.5. The Morgan fingerprint density at radius 2 is 1.61 bits per heavy atom. The molecule has 202 valence electrons. The summed E-state index contributed by atoms with van der Waals surface area (Å²) in [5, 5.41) is 3.29. The predicted octanol–water partition coefficient (Wildman–Crippen LogP) is 4.60. The molecule has 3 aromatic carbocycles. The summed E-state index contributed by atoms with van der Waals surface area (Å²) < 4.78 is 55.1. The van der Waals surface area contributed by atoms with Gasteiger partial charge in [-0.05, 0) is 78.4 Å². The number of aryl methyl sites for hydroxylation is 1. The topological polar surface area (TPSA) is 113 Å². The SMILES string of the molecule is CC(C)CNS(=O)(=O)c1ccc(CCC(=O)Nc2ccc3c(c2)N(S(=O)(=O)c2ccc(Cl)cc2)CC3)cc1. The molecule has 0 unspecified atom stereocenters. The average molecular weight is 576 g/mol. The maximum absolute atomic E-state index is 13.2. The smallest absolute Gasteiger partial charge is 0.264 e. The van der Waals surface area contributed by atoms with Crippen molar-refractivity contribution in [2.45, 2.75) is 42.9 Å². The van der Waals surface area contributed by atoms with E-state index in [4.69, 9.17) is 11.6 Å². The molecule has 0 saturated heterocycles. The molecule has 0 saturated carbocycles. The minimum Gasteiger partial charge on any atom is -0.326 e.